The average molecular weight is 386 g/mol. The minimum atomic E-state index is -0.987. The van der Waals surface area contributed by atoms with E-state index in [0.717, 1.165) is 0 Å². The van der Waals surface area contributed by atoms with Crippen molar-refractivity contribution in [3.05, 3.63) is 34.3 Å². The van der Waals surface area contributed by atoms with E-state index < -0.39 is 29.0 Å². The zero-order valence-corrected chi connectivity index (χ0v) is 16.0. The van der Waals surface area contributed by atoms with Crippen LogP contribution in [0.2, 0.25) is 0 Å². The van der Waals surface area contributed by atoms with Gasteiger partial charge in [0.25, 0.3) is 0 Å². The number of carbonyl (C=O) groups is 3. The zero-order chi connectivity index (χ0) is 20.0. The maximum absolute atomic E-state index is 13.4. The number of methoxy groups -OCH3 is 1. The van der Waals surface area contributed by atoms with Gasteiger partial charge in [-0.3, -0.25) is 9.59 Å². The van der Waals surface area contributed by atoms with Gasteiger partial charge in [0.15, 0.2) is 5.76 Å². The summed E-state index contributed by atoms with van der Waals surface area (Å²) in [4.78, 5) is 38.5. The van der Waals surface area contributed by atoms with Gasteiger partial charge in [0.1, 0.15) is 23.7 Å². The number of hydrogen-bond acceptors (Lipinski definition) is 7. The van der Waals surface area contributed by atoms with Crippen molar-refractivity contribution in [2.24, 2.45) is 11.3 Å². The fraction of sp³-hybridized carbons (Fsp3) is 0.571. The molecule has 7 nitrogen and oxygen atoms in total. The van der Waals surface area contributed by atoms with Crippen LogP contribution in [0, 0.1) is 11.3 Å². The quantitative estimate of drug-likeness (QED) is 0.775. The van der Waals surface area contributed by atoms with Gasteiger partial charge in [0, 0.05) is 36.0 Å². The van der Waals surface area contributed by atoms with E-state index in [1.807, 2.05) is 13.8 Å². The highest BCUT2D eigenvalue weighted by Gasteiger charge is 2.63. The van der Waals surface area contributed by atoms with E-state index in [2.05, 4.69) is 0 Å². The standard InChI is InChI=1S/C21H22O7/c1-20-6-11(22)16-14(10(20)4-5-12(20)23)17(24)18-15-9(7-27-18)19(25)28-13(8-26-3)21(15,16)2/h7,10-11,13,22H,4-6,8H2,1-3H3. The first-order valence-corrected chi connectivity index (χ1v) is 9.57. The molecule has 3 aliphatic carbocycles. The molecule has 1 saturated carbocycles. The smallest absolute Gasteiger partial charge is 0.342 e. The number of furan rings is 1. The van der Waals surface area contributed by atoms with Gasteiger partial charge in [-0.1, -0.05) is 6.92 Å². The predicted octanol–water partition coefficient (Wildman–Crippen LogP) is 1.97. The topological polar surface area (TPSA) is 103 Å². The fourth-order valence-corrected chi connectivity index (χ4v) is 6.02. The molecule has 1 N–H and O–H groups in total. The summed E-state index contributed by atoms with van der Waals surface area (Å²) >= 11 is 0. The monoisotopic (exact) mass is 386 g/mol. The van der Waals surface area contributed by atoms with Gasteiger partial charge in [-0.2, -0.15) is 0 Å². The van der Waals surface area contributed by atoms with E-state index in [9.17, 15) is 19.5 Å². The molecule has 0 saturated heterocycles. The lowest BCUT2D eigenvalue weighted by Crippen LogP contribution is -2.56. The number of cyclic esters (lactones) is 1. The van der Waals surface area contributed by atoms with Crippen molar-refractivity contribution in [1.82, 2.24) is 0 Å². The molecule has 0 radical (unpaired) electrons. The third-order valence-electron chi connectivity index (χ3n) is 7.41. The first-order valence-electron chi connectivity index (χ1n) is 9.57. The largest absolute Gasteiger partial charge is 0.460 e. The molecule has 0 spiro atoms. The summed E-state index contributed by atoms with van der Waals surface area (Å²) in [6.45, 7) is 3.82. The lowest BCUT2D eigenvalue weighted by molar-refractivity contribution is -0.128. The van der Waals surface area contributed by atoms with Crippen LogP contribution in [-0.2, 0) is 19.7 Å². The maximum atomic E-state index is 13.4. The first-order chi connectivity index (χ1) is 13.2. The number of esters is 1. The Morgan fingerprint density at radius 1 is 1.29 bits per heavy atom. The molecule has 5 atom stereocenters. The Morgan fingerprint density at radius 2 is 2.04 bits per heavy atom. The van der Waals surface area contributed by atoms with E-state index >= 15 is 0 Å². The van der Waals surface area contributed by atoms with Crippen LogP contribution < -0.4 is 0 Å². The molecule has 1 aliphatic heterocycles. The number of rotatable bonds is 2. The number of hydrogen-bond donors (Lipinski definition) is 1. The summed E-state index contributed by atoms with van der Waals surface area (Å²) in [6.07, 6.45) is 0.786. The molecule has 148 valence electrons. The molecule has 0 bridgehead atoms. The lowest BCUT2D eigenvalue weighted by Gasteiger charge is -2.51. The summed E-state index contributed by atoms with van der Waals surface area (Å²) in [5.74, 6) is -0.970. The number of aliphatic hydroxyl groups is 1. The zero-order valence-electron chi connectivity index (χ0n) is 16.0. The van der Waals surface area contributed by atoms with Gasteiger partial charge in [-0.25, -0.2) is 4.79 Å². The van der Waals surface area contributed by atoms with Crippen molar-refractivity contribution >= 4 is 17.5 Å². The molecule has 5 unspecified atom stereocenters. The molecule has 1 aromatic rings. The molecule has 0 aromatic carbocycles. The SMILES string of the molecule is COCC1OC(=O)c2coc3c2C1(C)C1=C(C3=O)C2CCC(=O)C2(C)CC1O. The normalized spacial score (nSPS) is 38.9. The van der Waals surface area contributed by atoms with Gasteiger partial charge in [0.05, 0.1) is 18.1 Å². The molecule has 28 heavy (non-hydrogen) atoms. The molecule has 1 fully saturated rings. The number of aliphatic hydroxyl groups excluding tert-OH is 1. The second kappa shape index (κ2) is 5.42. The number of fused-ring (bicyclic) bond motifs is 3. The highest BCUT2D eigenvalue weighted by Crippen LogP contribution is 2.60. The van der Waals surface area contributed by atoms with Crippen molar-refractivity contribution in [3.8, 4) is 0 Å². The third kappa shape index (κ3) is 1.84. The number of ether oxygens (including phenoxy) is 2. The van der Waals surface area contributed by atoms with Crippen LogP contribution in [0.4, 0.5) is 0 Å². The van der Waals surface area contributed by atoms with Crippen molar-refractivity contribution in [3.63, 3.8) is 0 Å². The van der Waals surface area contributed by atoms with Crippen LogP contribution in [0.1, 0.15) is 59.6 Å². The molecule has 1 aromatic heterocycles. The number of Topliss-reactive ketones (excluding diaryl/α,β-unsaturated/α-hetero) is 2. The highest BCUT2D eigenvalue weighted by molar-refractivity contribution is 6.14. The van der Waals surface area contributed by atoms with Gasteiger partial charge in [-0.05, 0) is 25.3 Å². The minimum absolute atomic E-state index is 0.0792. The Morgan fingerprint density at radius 3 is 2.75 bits per heavy atom. The Bertz CT molecular complexity index is 969. The molecule has 7 heteroatoms. The number of allylic oxidation sites excluding steroid dienone is 1. The Labute approximate surface area is 161 Å². The minimum Gasteiger partial charge on any atom is -0.460 e. The van der Waals surface area contributed by atoms with E-state index in [0.29, 0.717) is 29.6 Å². The van der Waals surface area contributed by atoms with Crippen LogP contribution >= 0.6 is 0 Å². The highest BCUT2D eigenvalue weighted by atomic mass is 16.6. The Hall–Kier alpha value is -2.25. The molecule has 5 rings (SSSR count). The van der Waals surface area contributed by atoms with Crippen molar-refractivity contribution in [2.45, 2.75) is 50.7 Å². The summed E-state index contributed by atoms with van der Waals surface area (Å²) in [7, 11) is 1.51. The first kappa shape index (κ1) is 17.8. The van der Waals surface area contributed by atoms with Gasteiger partial charge in [-0.15, -0.1) is 0 Å². The summed E-state index contributed by atoms with van der Waals surface area (Å²) in [6, 6.07) is 0. The van der Waals surface area contributed by atoms with Gasteiger partial charge >= 0.3 is 5.97 Å². The van der Waals surface area contributed by atoms with Gasteiger partial charge < -0.3 is 19.0 Å². The Kier molecular flexibility index (Phi) is 3.45. The van der Waals surface area contributed by atoms with E-state index in [1.165, 1.54) is 13.4 Å². The molecular formula is C21H22O7. The van der Waals surface area contributed by atoms with Crippen molar-refractivity contribution < 1.29 is 33.4 Å². The number of carbonyl (C=O) groups excluding carboxylic acids is 3. The summed E-state index contributed by atoms with van der Waals surface area (Å²) < 4.78 is 16.5. The van der Waals surface area contributed by atoms with Crippen LogP contribution in [-0.4, -0.2) is 48.6 Å². The molecule has 2 heterocycles. The average Bonchev–Trinajstić information content (AvgIpc) is 3.21. The predicted molar refractivity (Wildman–Crippen MR) is 95.0 cm³/mol. The lowest BCUT2D eigenvalue weighted by atomic mass is 9.54. The third-order valence-corrected chi connectivity index (χ3v) is 7.41. The van der Waals surface area contributed by atoms with Crippen molar-refractivity contribution in [2.75, 3.05) is 13.7 Å². The second-order valence-corrected chi connectivity index (χ2v) is 8.71. The fourth-order valence-electron chi connectivity index (χ4n) is 6.02. The summed E-state index contributed by atoms with van der Waals surface area (Å²) in [5.41, 5.74) is -0.00741. The second-order valence-electron chi connectivity index (χ2n) is 8.71. The van der Waals surface area contributed by atoms with Crippen LogP contribution in [0.3, 0.4) is 0 Å². The maximum Gasteiger partial charge on any atom is 0.342 e. The van der Waals surface area contributed by atoms with E-state index in [-0.39, 0.29) is 41.8 Å². The van der Waals surface area contributed by atoms with E-state index in [1.54, 1.807) is 0 Å². The molecule has 4 aliphatic rings. The van der Waals surface area contributed by atoms with E-state index in [4.69, 9.17) is 13.9 Å². The Balaban J connectivity index is 1.82. The number of ketones is 2. The summed E-state index contributed by atoms with van der Waals surface area (Å²) in [5, 5.41) is 11.2. The van der Waals surface area contributed by atoms with Gasteiger partial charge in [0.2, 0.25) is 5.78 Å². The van der Waals surface area contributed by atoms with Crippen LogP contribution in [0.5, 0.6) is 0 Å². The van der Waals surface area contributed by atoms with Crippen LogP contribution in [0.25, 0.3) is 0 Å². The molecular weight excluding hydrogens is 364 g/mol. The van der Waals surface area contributed by atoms with Crippen LogP contribution in [0.15, 0.2) is 21.8 Å². The molecule has 0 amide bonds. The van der Waals surface area contributed by atoms with Crippen molar-refractivity contribution in [1.29, 1.82) is 0 Å².